The van der Waals surface area contributed by atoms with E-state index in [-0.39, 0.29) is 36.2 Å². The second-order valence-electron chi connectivity index (χ2n) is 6.47. The van der Waals surface area contributed by atoms with Gasteiger partial charge < -0.3 is 14.8 Å². The van der Waals surface area contributed by atoms with Crippen molar-refractivity contribution >= 4 is 17.3 Å². The summed E-state index contributed by atoms with van der Waals surface area (Å²) in [5.74, 6) is -0.267. The van der Waals surface area contributed by atoms with Crippen LogP contribution in [0.25, 0.3) is 0 Å². The van der Waals surface area contributed by atoms with Gasteiger partial charge in [0.1, 0.15) is 5.69 Å². The molecule has 0 spiro atoms. The van der Waals surface area contributed by atoms with E-state index < -0.39 is 4.92 Å². The number of hydrogen-bond donors (Lipinski definition) is 1. The van der Waals surface area contributed by atoms with E-state index in [0.29, 0.717) is 13.2 Å². The number of nitro groups is 1. The SMILES string of the molecule is Cc1ccc(NC(=O)CN2CCCCC2C2OCCO2)c([N+](=O)[O-])c1. The van der Waals surface area contributed by atoms with Gasteiger partial charge in [-0.2, -0.15) is 0 Å². The third kappa shape index (κ3) is 4.33. The minimum atomic E-state index is -0.480. The lowest BCUT2D eigenvalue weighted by Gasteiger charge is -2.37. The van der Waals surface area contributed by atoms with Crippen LogP contribution in [-0.4, -0.2) is 54.4 Å². The lowest BCUT2D eigenvalue weighted by Crippen LogP contribution is -2.50. The Labute approximate surface area is 146 Å². The molecule has 0 aliphatic carbocycles. The highest BCUT2D eigenvalue weighted by atomic mass is 16.7. The van der Waals surface area contributed by atoms with Crippen molar-refractivity contribution in [2.75, 3.05) is 31.6 Å². The summed E-state index contributed by atoms with van der Waals surface area (Å²) in [6.07, 6.45) is 2.72. The fraction of sp³-hybridized carbons (Fsp3) is 0.588. The summed E-state index contributed by atoms with van der Waals surface area (Å²) in [6, 6.07) is 4.82. The van der Waals surface area contributed by atoms with E-state index in [4.69, 9.17) is 9.47 Å². The Morgan fingerprint density at radius 1 is 1.36 bits per heavy atom. The van der Waals surface area contributed by atoms with Crippen LogP contribution in [0.1, 0.15) is 24.8 Å². The van der Waals surface area contributed by atoms with Crippen molar-refractivity contribution in [2.24, 2.45) is 0 Å². The third-order valence-electron chi connectivity index (χ3n) is 4.60. The number of amides is 1. The number of rotatable bonds is 5. The molecule has 0 saturated carbocycles. The first-order chi connectivity index (χ1) is 12.0. The van der Waals surface area contributed by atoms with E-state index in [1.807, 2.05) is 0 Å². The van der Waals surface area contributed by atoms with Gasteiger partial charge in [-0.1, -0.05) is 12.5 Å². The van der Waals surface area contributed by atoms with E-state index in [1.165, 1.54) is 6.07 Å². The number of hydrogen-bond acceptors (Lipinski definition) is 6. The molecule has 0 bridgehead atoms. The van der Waals surface area contributed by atoms with Crippen LogP contribution in [0.4, 0.5) is 11.4 Å². The summed E-state index contributed by atoms with van der Waals surface area (Å²) in [5.41, 5.74) is 0.907. The van der Waals surface area contributed by atoms with Crippen LogP contribution >= 0.6 is 0 Å². The molecule has 0 radical (unpaired) electrons. The minimum Gasteiger partial charge on any atom is -0.349 e. The van der Waals surface area contributed by atoms with Crippen molar-refractivity contribution in [1.82, 2.24) is 4.90 Å². The Morgan fingerprint density at radius 3 is 2.84 bits per heavy atom. The summed E-state index contributed by atoms with van der Waals surface area (Å²) < 4.78 is 11.2. The predicted octanol–water partition coefficient (Wildman–Crippen LogP) is 2.07. The summed E-state index contributed by atoms with van der Waals surface area (Å²) in [6.45, 7) is 3.89. The van der Waals surface area contributed by atoms with Crippen molar-refractivity contribution < 1.29 is 19.2 Å². The molecule has 1 unspecified atom stereocenters. The number of carbonyl (C=O) groups excluding carboxylic acids is 1. The van der Waals surface area contributed by atoms with Gasteiger partial charge in [-0.3, -0.25) is 19.8 Å². The van der Waals surface area contributed by atoms with Gasteiger partial charge in [0, 0.05) is 6.07 Å². The average molecular weight is 349 g/mol. The molecule has 1 aromatic carbocycles. The van der Waals surface area contributed by atoms with Gasteiger partial charge in [0.15, 0.2) is 6.29 Å². The highest BCUT2D eigenvalue weighted by molar-refractivity contribution is 5.94. The number of likely N-dealkylation sites (tertiary alicyclic amines) is 1. The largest absolute Gasteiger partial charge is 0.349 e. The molecule has 2 saturated heterocycles. The van der Waals surface area contributed by atoms with Gasteiger partial charge in [-0.15, -0.1) is 0 Å². The molecule has 1 atom stereocenters. The van der Waals surface area contributed by atoms with Gasteiger partial charge in [0.25, 0.3) is 5.69 Å². The van der Waals surface area contributed by atoms with Crippen LogP contribution in [0.5, 0.6) is 0 Å². The average Bonchev–Trinajstić information content (AvgIpc) is 3.11. The van der Waals surface area contributed by atoms with Crippen molar-refractivity contribution in [3.63, 3.8) is 0 Å². The van der Waals surface area contributed by atoms with Crippen molar-refractivity contribution in [1.29, 1.82) is 0 Å². The Morgan fingerprint density at radius 2 is 2.12 bits per heavy atom. The fourth-order valence-electron chi connectivity index (χ4n) is 3.39. The number of nitrogens with zero attached hydrogens (tertiary/aromatic N) is 2. The zero-order valence-corrected chi connectivity index (χ0v) is 14.3. The van der Waals surface area contributed by atoms with E-state index in [1.54, 1.807) is 19.1 Å². The second-order valence-corrected chi connectivity index (χ2v) is 6.47. The van der Waals surface area contributed by atoms with Crippen LogP contribution in [0.15, 0.2) is 18.2 Å². The lowest BCUT2D eigenvalue weighted by molar-refractivity contribution is -0.384. The molecule has 2 heterocycles. The normalized spacial score (nSPS) is 22.0. The van der Waals surface area contributed by atoms with Crippen LogP contribution in [0.3, 0.4) is 0 Å². The maximum Gasteiger partial charge on any atom is 0.293 e. The minimum absolute atomic E-state index is 0.0509. The van der Waals surface area contributed by atoms with Gasteiger partial charge in [0.2, 0.25) is 5.91 Å². The topological polar surface area (TPSA) is 93.9 Å². The molecule has 1 N–H and O–H groups in total. The second kappa shape index (κ2) is 7.90. The molecule has 136 valence electrons. The first-order valence-electron chi connectivity index (χ1n) is 8.57. The van der Waals surface area contributed by atoms with Gasteiger partial charge in [-0.25, -0.2) is 0 Å². The molecule has 25 heavy (non-hydrogen) atoms. The number of piperidine rings is 1. The van der Waals surface area contributed by atoms with Crippen LogP contribution < -0.4 is 5.32 Å². The summed E-state index contributed by atoms with van der Waals surface area (Å²) in [7, 11) is 0. The highest BCUT2D eigenvalue weighted by Gasteiger charge is 2.34. The van der Waals surface area contributed by atoms with Crippen molar-refractivity contribution in [3.05, 3.63) is 33.9 Å². The Bertz CT molecular complexity index is 645. The third-order valence-corrected chi connectivity index (χ3v) is 4.60. The molecule has 2 fully saturated rings. The molecular formula is C17H23N3O5. The van der Waals surface area contributed by atoms with Crippen LogP contribution in [-0.2, 0) is 14.3 Å². The molecule has 8 nitrogen and oxygen atoms in total. The van der Waals surface area contributed by atoms with Crippen molar-refractivity contribution in [2.45, 2.75) is 38.5 Å². The highest BCUT2D eigenvalue weighted by Crippen LogP contribution is 2.27. The molecule has 2 aliphatic heterocycles. The van der Waals surface area contributed by atoms with E-state index in [9.17, 15) is 14.9 Å². The molecule has 0 aromatic heterocycles. The number of ether oxygens (including phenoxy) is 2. The van der Waals surface area contributed by atoms with Crippen LogP contribution in [0, 0.1) is 17.0 Å². The number of aryl methyl sites for hydroxylation is 1. The Balaban J connectivity index is 1.66. The van der Waals surface area contributed by atoms with Crippen LogP contribution in [0.2, 0.25) is 0 Å². The van der Waals surface area contributed by atoms with E-state index in [2.05, 4.69) is 10.2 Å². The maximum absolute atomic E-state index is 12.4. The molecular weight excluding hydrogens is 326 g/mol. The zero-order valence-electron chi connectivity index (χ0n) is 14.3. The predicted molar refractivity (Wildman–Crippen MR) is 91.4 cm³/mol. The van der Waals surface area contributed by atoms with Gasteiger partial charge >= 0.3 is 0 Å². The molecule has 3 rings (SSSR count). The molecule has 2 aliphatic rings. The summed E-state index contributed by atoms with van der Waals surface area (Å²) in [5, 5.41) is 13.9. The summed E-state index contributed by atoms with van der Waals surface area (Å²) in [4.78, 5) is 25.2. The lowest BCUT2D eigenvalue weighted by atomic mass is 10.0. The zero-order chi connectivity index (χ0) is 17.8. The molecule has 1 aromatic rings. The first kappa shape index (κ1) is 17.8. The van der Waals surface area contributed by atoms with Gasteiger partial charge in [0.05, 0.1) is 30.7 Å². The quantitative estimate of drug-likeness (QED) is 0.646. The number of anilines is 1. The number of benzene rings is 1. The summed E-state index contributed by atoms with van der Waals surface area (Å²) >= 11 is 0. The molecule has 1 amide bonds. The number of nitrogens with one attached hydrogen (secondary N) is 1. The van der Waals surface area contributed by atoms with E-state index >= 15 is 0 Å². The Kier molecular flexibility index (Phi) is 5.62. The maximum atomic E-state index is 12.4. The van der Waals surface area contributed by atoms with Gasteiger partial charge in [-0.05, 0) is 37.9 Å². The number of nitro benzene ring substituents is 1. The smallest absolute Gasteiger partial charge is 0.293 e. The van der Waals surface area contributed by atoms with Crippen molar-refractivity contribution in [3.8, 4) is 0 Å². The monoisotopic (exact) mass is 349 g/mol. The first-order valence-corrected chi connectivity index (χ1v) is 8.57. The standard InChI is InChI=1S/C17H23N3O5/c1-12-5-6-13(15(10-12)20(22)23)18-16(21)11-19-7-3-2-4-14(19)17-24-8-9-25-17/h5-6,10,14,17H,2-4,7-9,11H2,1H3,(H,18,21). The molecule has 8 heteroatoms. The Hall–Kier alpha value is -2.03. The fourth-order valence-corrected chi connectivity index (χ4v) is 3.39. The number of carbonyl (C=O) groups is 1. The van der Waals surface area contributed by atoms with E-state index in [0.717, 1.165) is 31.4 Å².